The van der Waals surface area contributed by atoms with Crippen LogP contribution < -0.4 is 15.4 Å². The number of ether oxygens (including phenoxy) is 2. The summed E-state index contributed by atoms with van der Waals surface area (Å²) in [6.45, 7) is 1.93. The van der Waals surface area contributed by atoms with Crippen molar-refractivity contribution in [1.82, 2.24) is 4.98 Å². The minimum absolute atomic E-state index is 0.303. The normalized spacial score (nSPS) is 10.2. The van der Waals surface area contributed by atoms with E-state index in [-0.39, 0.29) is 5.91 Å². The topological polar surface area (TPSA) is 89.5 Å². The van der Waals surface area contributed by atoms with Gasteiger partial charge in [0, 0.05) is 6.20 Å². The first-order valence-corrected chi connectivity index (χ1v) is 8.88. The lowest BCUT2D eigenvalue weighted by Gasteiger charge is -2.12. The van der Waals surface area contributed by atoms with E-state index in [0.717, 1.165) is 5.56 Å². The molecule has 0 fully saturated rings. The average Bonchev–Trinajstić information content (AvgIpc) is 2.74. The highest BCUT2D eigenvalue weighted by molar-refractivity contribution is 6.05. The van der Waals surface area contributed by atoms with Crippen LogP contribution in [0, 0.1) is 6.92 Å². The Morgan fingerprint density at radius 1 is 0.966 bits per heavy atom. The molecule has 0 aliphatic rings. The first-order valence-electron chi connectivity index (χ1n) is 8.88. The molecule has 0 bridgehead atoms. The zero-order valence-corrected chi connectivity index (χ0v) is 16.4. The summed E-state index contributed by atoms with van der Waals surface area (Å²) < 4.78 is 10.1. The van der Waals surface area contributed by atoms with Gasteiger partial charge in [0.1, 0.15) is 11.6 Å². The number of carbonyl (C=O) groups is 2. The molecule has 7 nitrogen and oxygen atoms in total. The van der Waals surface area contributed by atoms with E-state index in [1.807, 2.05) is 19.1 Å². The third-order valence-electron chi connectivity index (χ3n) is 4.22. The molecule has 0 saturated carbocycles. The lowest BCUT2D eigenvalue weighted by Crippen LogP contribution is -2.13. The van der Waals surface area contributed by atoms with Gasteiger partial charge in [0.15, 0.2) is 0 Å². The Balaban J connectivity index is 1.75. The average molecular weight is 391 g/mol. The van der Waals surface area contributed by atoms with E-state index in [9.17, 15) is 9.59 Å². The summed E-state index contributed by atoms with van der Waals surface area (Å²) in [5, 5.41) is 5.90. The lowest BCUT2D eigenvalue weighted by atomic mass is 10.1. The van der Waals surface area contributed by atoms with E-state index in [0.29, 0.717) is 34.1 Å². The van der Waals surface area contributed by atoms with Crippen molar-refractivity contribution in [3.8, 4) is 5.75 Å². The van der Waals surface area contributed by atoms with Crippen LogP contribution in [0.4, 0.5) is 17.2 Å². The van der Waals surface area contributed by atoms with Gasteiger partial charge in [0.2, 0.25) is 0 Å². The maximum Gasteiger partial charge on any atom is 0.339 e. The van der Waals surface area contributed by atoms with E-state index in [1.54, 1.807) is 49.6 Å². The number of carbonyl (C=O) groups excluding carboxylic acids is 2. The number of benzene rings is 2. The summed E-state index contributed by atoms with van der Waals surface area (Å²) in [5.74, 6) is 0.319. The number of methoxy groups -OCH3 is 2. The largest absolute Gasteiger partial charge is 0.495 e. The van der Waals surface area contributed by atoms with Crippen LogP contribution in [0.3, 0.4) is 0 Å². The Kier molecular flexibility index (Phi) is 6.09. The fourth-order valence-electron chi connectivity index (χ4n) is 2.73. The second-order valence-corrected chi connectivity index (χ2v) is 6.25. The van der Waals surface area contributed by atoms with E-state index in [1.165, 1.54) is 13.3 Å². The van der Waals surface area contributed by atoms with Gasteiger partial charge in [-0.3, -0.25) is 4.79 Å². The van der Waals surface area contributed by atoms with Gasteiger partial charge in [-0.05, 0) is 48.9 Å². The Bertz CT molecular complexity index is 1030. The fourth-order valence-corrected chi connectivity index (χ4v) is 2.73. The second-order valence-electron chi connectivity index (χ2n) is 6.25. The Hall–Kier alpha value is -3.87. The quantitative estimate of drug-likeness (QED) is 0.613. The summed E-state index contributed by atoms with van der Waals surface area (Å²) in [6.07, 6.45) is 1.46. The van der Waals surface area contributed by atoms with Crippen LogP contribution in [0.1, 0.15) is 26.3 Å². The zero-order chi connectivity index (χ0) is 20.8. The highest BCUT2D eigenvalue weighted by atomic mass is 16.5. The van der Waals surface area contributed by atoms with E-state index in [4.69, 9.17) is 9.47 Å². The van der Waals surface area contributed by atoms with Crippen molar-refractivity contribution >= 4 is 29.1 Å². The van der Waals surface area contributed by atoms with Crippen LogP contribution >= 0.6 is 0 Å². The summed E-state index contributed by atoms with van der Waals surface area (Å²) in [5.41, 5.74) is 2.94. The third-order valence-corrected chi connectivity index (χ3v) is 4.22. The van der Waals surface area contributed by atoms with Gasteiger partial charge in [-0.25, -0.2) is 9.78 Å². The molecule has 1 heterocycles. The number of nitrogens with one attached hydrogen (secondary N) is 2. The van der Waals surface area contributed by atoms with Crippen molar-refractivity contribution in [2.45, 2.75) is 6.92 Å². The van der Waals surface area contributed by atoms with Gasteiger partial charge in [0.25, 0.3) is 5.91 Å². The van der Waals surface area contributed by atoms with Crippen LogP contribution in [-0.2, 0) is 4.74 Å². The highest BCUT2D eigenvalue weighted by Gasteiger charge is 2.13. The molecule has 7 heteroatoms. The number of aryl methyl sites for hydroxylation is 1. The molecule has 3 aromatic rings. The molecule has 0 unspecified atom stereocenters. The van der Waals surface area contributed by atoms with Gasteiger partial charge < -0.3 is 20.1 Å². The highest BCUT2D eigenvalue weighted by Crippen LogP contribution is 2.26. The molecule has 0 saturated heterocycles. The van der Waals surface area contributed by atoms with Crippen molar-refractivity contribution in [2.75, 3.05) is 24.9 Å². The molecule has 0 aliphatic carbocycles. The third kappa shape index (κ3) is 4.70. The zero-order valence-electron chi connectivity index (χ0n) is 16.4. The Morgan fingerprint density at radius 2 is 1.76 bits per heavy atom. The molecule has 3 rings (SSSR count). The van der Waals surface area contributed by atoms with Crippen LogP contribution in [0.5, 0.6) is 5.75 Å². The van der Waals surface area contributed by atoms with Crippen LogP contribution in [0.25, 0.3) is 0 Å². The minimum Gasteiger partial charge on any atom is -0.495 e. The summed E-state index contributed by atoms with van der Waals surface area (Å²) in [7, 11) is 2.88. The molecular weight excluding hydrogens is 370 g/mol. The van der Waals surface area contributed by atoms with Crippen molar-refractivity contribution in [3.05, 3.63) is 77.5 Å². The van der Waals surface area contributed by atoms with Crippen LogP contribution in [0.2, 0.25) is 0 Å². The van der Waals surface area contributed by atoms with Gasteiger partial charge in [-0.15, -0.1) is 0 Å². The SMILES string of the molecule is COC(=O)c1ccccc1Nc1ccc(C(=O)Nc2cc(C)ccc2OC)cn1. The van der Waals surface area contributed by atoms with Gasteiger partial charge in [-0.1, -0.05) is 18.2 Å². The minimum atomic E-state index is -0.448. The second kappa shape index (κ2) is 8.88. The smallest absolute Gasteiger partial charge is 0.339 e. The molecule has 29 heavy (non-hydrogen) atoms. The first kappa shape index (κ1) is 19.9. The lowest BCUT2D eigenvalue weighted by molar-refractivity contribution is 0.0601. The molecule has 2 N–H and O–H groups in total. The first-order chi connectivity index (χ1) is 14.0. The van der Waals surface area contributed by atoms with E-state index < -0.39 is 5.97 Å². The summed E-state index contributed by atoms with van der Waals surface area (Å²) >= 11 is 0. The fraction of sp³-hybridized carbons (Fsp3) is 0.136. The molecule has 0 aliphatic heterocycles. The molecular formula is C22H21N3O4. The number of rotatable bonds is 6. The molecule has 0 atom stereocenters. The monoisotopic (exact) mass is 391 g/mol. The summed E-state index contributed by atoms with van der Waals surface area (Å²) in [4.78, 5) is 28.7. The molecule has 0 radical (unpaired) electrons. The van der Waals surface area contributed by atoms with Gasteiger partial charge in [-0.2, -0.15) is 0 Å². The maximum absolute atomic E-state index is 12.6. The van der Waals surface area contributed by atoms with Crippen molar-refractivity contribution in [1.29, 1.82) is 0 Å². The van der Waals surface area contributed by atoms with Crippen LogP contribution in [0.15, 0.2) is 60.8 Å². The number of nitrogens with zero attached hydrogens (tertiary/aromatic N) is 1. The molecule has 1 aromatic heterocycles. The predicted octanol–water partition coefficient (Wildman–Crippen LogP) is 4.18. The van der Waals surface area contributed by atoms with Gasteiger partial charge in [0.05, 0.1) is 36.7 Å². The predicted molar refractivity (Wildman–Crippen MR) is 111 cm³/mol. The van der Waals surface area contributed by atoms with Crippen LogP contribution in [-0.4, -0.2) is 31.1 Å². The van der Waals surface area contributed by atoms with Crippen molar-refractivity contribution in [3.63, 3.8) is 0 Å². The number of hydrogen-bond acceptors (Lipinski definition) is 6. The number of amides is 1. The number of anilines is 3. The van der Waals surface area contributed by atoms with Gasteiger partial charge >= 0.3 is 5.97 Å². The summed E-state index contributed by atoms with van der Waals surface area (Å²) in [6, 6.07) is 15.8. The molecule has 2 aromatic carbocycles. The number of pyridine rings is 1. The van der Waals surface area contributed by atoms with E-state index in [2.05, 4.69) is 15.6 Å². The Labute approximate surface area is 168 Å². The van der Waals surface area contributed by atoms with Crippen molar-refractivity contribution < 1.29 is 19.1 Å². The van der Waals surface area contributed by atoms with Crippen molar-refractivity contribution in [2.24, 2.45) is 0 Å². The molecule has 148 valence electrons. The maximum atomic E-state index is 12.6. The molecule has 0 spiro atoms. The number of hydrogen-bond donors (Lipinski definition) is 2. The number of aromatic nitrogens is 1. The standard InChI is InChI=1S/C22H21N3O4/c1-14-8-10-19(28-2)18(12-14)25-21(26)15-9-11-20(23-13-15)24-17-7-5-4-6-16(17)22(27)29-3/h4-13H,1-3H3,(H,23,24)(H,25,26). The number of para-hydroxylation sites is 1. The number of esters is 1. The Morgan fingerprint density at radius 3 is 2.45 bits per heavy atom. The van der Waals surface area contributed by atoms with E-state index >= 15 is 0 Å². The molecule has 1 amide bonds.